The van der Waals surface area contributed by atoms with E-state index in [2.05, 4.69) is 23.8 Å². The van der Waals surface area contributed by atoms with Gasteiger partial charge >= 0.3 is 0 Å². The van der Waals surface area contributed by atoms with Crippen molar-refractivity contribution in [2.24, 2.45) is 5.73 Å². The summed E-state index contributed by atoms with van der Waals surface area (Å²) in [5.41, 5.74) is 7.51. The lowest BCUT2D eigenvalue weighted by molar-refractivity contribution is 0.883. The lowest BCUT2D eigenvalue weighted by atomic mass is 10.3. The lowest BCUT2D eigenvalue weighted by Crippen LogP contribution is -2.06. The van der Waals surface area contributed by atoms with Crippen LogP contribution in [0.2, 0.25) is 0 Å². The Morgan fingerprint density at radius 3 is 2.80 bits per heavy atom. The molecule has 4 heteroatoms. The molecule has 0 saturated heterocycles. The summed E-state index contributed by atoms with van der Waals surface area (Å²) in [6, 6.07) is 1.94. The van der Waals surface area contributed by atoms with Gasteiger partial charge in [0.1, 0.15) is 5.82 Å². The monoisotopic (exact) mass is 225 g/mol. The zero-order valence-corrected chi connectivity index (χ0v) is 10.5. The van der Waals surface area contributed by atoms with Crippen LogP contribution in [0, 0.1) is 6.92 Å². The number of hydrogen-bond donors (Lipinski definition) is 1. The molecule has 84 valence electrons. The average molecular weight is 225 g/mol. The van der Waals surface area contributed by atoms with E-state index in [1.165, 1.54) is 6.42 Å². The van der Waals surface area contributed by atoms with Crippen molar-refractivity contribution in [2.75, 3.05) is 0 Å². The van der Waals surface area contributed by atoms with Crippen molar-refractivity contribution >= 4 is 11.8 Å². The van der Waals surface area contributed by atoms with Crippen LogP contribution in [-0.2, 0) is 12.3 Å². The van der Waals surface area contributed by atoms with Gasteiger partial charge in [0.2, 0.25) is 0 Å². The van der Waals surface area contributed by atoms with Gasteiger partial charge in [-0.2, -0.15) is 11.8 Å². The molecule has 0 aliphatic carbocycles. The Hall–Kier alpha value is -0.610. The Bertz CT molecular complexity index is 315. The van der Waals surface area contributed by atoms with E-state index in [0.717, 1.165) is 23.0 Å². The molecule has 1 aromatic rings. The summed E-state index contributed by atoms with van der Waals surface area (Å²) < 4.78 is 0. The lowest BCUT2D eigenvalue weighted by Gasteiger charge is -2.08. The highest BCUT2D eigenvalue weighted by atomic mass is 32.2. The molecular weight excluding hydrogens is 206 g/mol. The van der Waals surface area contributed by atoms with Gasteiger partial charge in [0, 0.05) is 17.5 Å². The Kier molecular flexibility index (Phi) is 5.05. The maximum atomic E-state index is 5.57. The van der Waals surface area contributed by atoms with Crippen LogP contribution in [0.25, 0.3) is 0 Å². The van der Waals surface area contributed by atoms with Crippen LogP contribution in [0.4, 0.5) is 0 Å². The van der Waals surface area contributed by atoms with Gasteiger partial charge in [-0.05, 0) is 19.4 Å². The highest BCUT2D eigenvalue weighted by Crippen LogP contribution is 2.17. The maximum absolute atomic E-state index is 5.57. The number of aromatic nitrogens is 2. The highest BCUT2D eigenvalue weighted by molar-refractivity contribution is 7.99. The van der Waals surface area contributed by atoms with Gasteiger partial charge in [0.15, 0.2) is 0 Å². The topological polar surface area (TPSA) is 51.8 Å². The van der Waals surface area contributed by atoms with Crippen LogP contribution in [0.5, 0.6) is 0 Å². The van der Waals surface area contributed by atoms with Gasteiger partial charge in [0.25, 0.3) is 0 Å². The van der Waals surface area contributed by atoms with Gasteiger partial charge in [-0.3, -0.25) is 0 Å². The average Bonchev–Trinajstić information content (AvgIpc) is 2.25. The van der Waals surface area contributed by atoms with Crippen molar-refractivity contribution in [3.05, 3.63) is 23.3 Å². The fraction of sp³-hybridized carbons (Fsp3) is 0.636. The fourth-order valence-corrected chi connectivity index (χ4v) is 2.00. The van der Waals surface area contributed by atoms with Crippen LogP contribution in [0.1, 0.15) is 37.5 Å². The van der Waals surface area contributed by atoms with Crippen LogP contribution in [0.15, 0.2) is 6.07 Å². The second-order valence-electron chi connectivity index (χ2n) is 3.65. The van der Waals surface area contributed by atoms with E-state index in [-0.39, 0.29) is 0 Å². The number of thioether (sulfide) groups is 1. The van der Waals surface area contributed by atoms with Gasteiger partial charge in [-0.15, -0.1) is 0 Å². The van der Waals surface area contributed by atoms with Crippen molar-refractivity contribution in [1.82, 2.24) is 9.97 Å². The predicted octanol–water partition coefficient (Wildman–Crippen LogP) is 2.28. The molecule has 1 aromatic heterocycles. The summed E-state index contributed by atoms with van der Waals surface area (Å²) in [5.74, 6) is 1.78. The van der Waals surface area contributed by atoms with E-state index in [0.29, 0.717) is 11.8 Å². The number of nitrogens with zero attached hydrogens (tertiary/aromatic N) is 2. The summed E-state index contributed by atoms with van der Waals surface area (Å²) in [6.45, 7) is 6.90. The van der Waals surface area contributed by atoms with Crippen LogP contribution < -0.4 is 5.73 Å². The van der Waals surface area contributed by atoms with Gasteiger partial charge in [-0.25, -0.2) is 9.97 Å². The normalized spacial score (nSPS) is 12.8. The third-order valence-corrected chi connectivity index (χ3v) is 3.56. The SMILES string of the molecule is CCC(C)SCc1nc(C)cc(CN)n1. The molecule has 1 atom stereocenters. The molecule has 0 aliphatic heterocycles. The molecule has 1 unspecified atom stereocenters. The predicted molar refractivity (Wildman–Crippen MR) is 65.7 cm³/mol. The molecule has 0 fully saturated rings. The summed E-state index contributed by atoms with van der Waals surface area (Å²) in [6.07, 6.45) is 1.18. The Morgan fingerprint density at radius 2 is 2.20 bits per heavy atom. The molecule has 0 saturated carbocycles. The molecule has 0 spiro atoms. The van der Waals surface area contributed by atoms with Crippen molar-refractivity contribution in [3.8, 4) is 0 Å². The van der Waals surface area contributed by atoms with Crippen molar-refractivity contribution in [2.45, 2.75) is 44.7 Å². The number of hydrogen-bond acceptors (Lipinski definition) is 4. The van der Waals surface area contributed by atoms with Crippen LogP contribution in [-0.4, -0.2) is 15.2 Å². The Balaban J connectivity index is 2.64. The van der Waals surface area contributed by atoms with Crippen molar-refractivity contribution in [1.29, 1.82) is 0 Å². The largest absolute Gasteiger partial charge is 0.325 e. The quantitative estimate of drug-likeness (QED) is 0.835. The molecule has 0 aliphatic rings. The first-order valence-electron chi connectivity index (χ1n) is 5.30. The van der Waals surface area contributed by atoms with E-state index in [9.17, 15) is 0 Å². The maximum Gasteiger partial charge on any atom is 0.138 e. The minimum Gasteiger partial charge on any atom is -0.325 e. The molecule has 3 nitrogen and oxygen atoms in total. The Morgan fingerprint density at radius 1 is 1.47 bits per heavy atom. The molecule has 0 bridgehead atoms. The summed E-state index contributed by atoms with van der Waals surface area (Å²) in [7, 11) is 0. The summed E-state index contributed by atoms with van der Waals surface area (Å²) >= 11 is 1.89. The zero-order valence-electron chi connectivity index (χ0n) is 9.66. The zero-order chi connectivity index (χ0) is 11.3. The summed E-state index contributed by atoms with van der Waals surface area (Å²) in [5, 5.41) is 0.662. The molecular formula is C11H19N3S. The number of rotatable bonds is 5. The second-order valence-corrected chi connectivity index (χ2v) is 5.08. The first-order valence-corrected chi connectivity index (χ1v) is 6.35. The molecule has 1 heterocycles. The van der Waals surface area contributed by atoms with Gasteiger partial charge in [0.05, 0.1) is 11.4 Å². The smallest absolute Gasteiger partial charge is 0.138 e. The minimum absolute atomic E-state index is 0.490. The second kappa shape index (κ2) is 6.08. The van der Waals surface area contributed by atoms with E-state index in [4.69, 9.17) is 5.73 Å². The van der Waals surface area contributed by atoms with Gasteiger partial charge < -0.3 is 5.73 Å². The third-order valence-electron chi connectivity index (χ3n) is 2.23. The van der Waals surface area contributed by atoms with E-state index >= 15 is 0 Å². The first kappa shape index (κ1) is 12.5. The van der Waals surface area contributed by atoms with Crippen LogP contribution in [0.3, 0.4) is 0 Å². The standard InChI is InChI=1S/C11H19N3S/c1-4-9(3)15-7-11-13-8(2)5-10(6-12)14-11/h5,9H,4,6-7,12H2,1-3H3. The van der Waals surface area contributed by atoms with Crippen molar-refractivity contribution in [3.63, 3.8) is 0 Å². The highest BCUT2D eigenvalue weighted by Gasteiger charge is 2.04. The third kappa shape index (κ3) is 4.18. The summed E-state index contributed by atoms with van der Waals surface area (Å²) in [4.78, 5) is 8.80. The molecule has 15 heavy (non-hydrogen) atoms. The van der Waals surface area contributed by atoms with E-state index in [1.807, 2.05) is 24.8 Å². The molecule has 2 N–H and O–H groups in total. The number of nitrogens with two attached hydrogens (primary N) is 1. The molecule has 0 amide bonds. The fourth-order valence-electron chi connectivity index (χ4n) is 1.20. The van der Waals surface area contributed by atoms with Crippen LogP contribution >= 0.6 is 11.8 Å². The molecule has 0 radical (unpaired) electrons. The van der Waals surface area contributed by atoms with Gasteiger partial charge in [-0.1, -0.05) is 13.8 Å². The van der Waals surface area contributed by atoms with E-state index in [1.54, 1.807) is 0 Å². The molecule has 0 aromatic carbocycles. The number of aryl methyl sites for hydroxylation is 1. The first-order chi connectivity index (χ1) is 7.15. The van der Waals surface area contributed by atoms with E-state index < -0.39 is 0 Å². The minimum atomic E-state index is 0.490. The molecule has 1 rings (SSSR count). The Labute approximate surface area is 95.9 Å². The van der Waals surface area contributed by atoms with Crippen molar-refractivity contribution < 1.29 is 0 Å².